The van der Waals surface area contributed by atoms with Gasteiger partial charge in [-0.05, 0) is 56.1 Å². The van der Waals surface area contributed by atoms with Crippen molar-refractivity contribution in [2.45, 2.75) is 32.7 Å². The van der Waals surface area contributed by atoms with Crippen LogP contribution in [0.5, 0.6) is 5.75 Å². The molecule has 1 aromatic carbocycles. The van der Waals surface area contributed by atoms with Crippen LogP contribution in [-0.2, 0) is 6.54 Å². The van der Waals surface area contributed by atoms with Crippen LogP contribution in [0.15, 0.2) is 24.3 Å². The van der Waals surface area contributed by atoms with Crippen LogP contribution in [0.4, 0.5) is 0 Å². The first kappa shape index (κ1) is 15.3. The molecular weight excluding hydrogens is 248 g/mol. The highest BCUT2D eigenvalue weighted by atomic mass is 16.5. The average Bonchev–Trinajstić information content (AvgIpc) is 2.49. The molecule has 3 nitrogen and oxygen atoms in total. The van der Waals surface area contributed by atoms with Gasteiger partial charge in [-0.15, -0.1) is 0 Å². The minimum Gasteiger partial charge on any atom is -0.497 e. The third-order valence-electron chi connectivity index (χ3n) is 4.00. The maximum atomic E-state index is 5.17. The van der Waals surface area contributed by atoms with Gasteiger partial charge in [-0.1, -0.05) is 25.5 Å². The number of nitrogens with one attached hydrogen (secondary N) is 1. The van der Waals surface area contributed by atoms with E-state index in [0.29, 0.717) is 5.92 Å². The molecule has 1 aliphatic rings. The van der Waals surface area contributed by atoms with Crippen LogP contribution in [0.25, 0.3) is 0 Å². The van der Waals surface area contributed by atoms with Crippen molar-refractivity contribution in [1.82, 2.24) is 10.2 Å². The zero-order valence-corrected chi connectivity index (χ0v) is 12.9. The molecule has 1 fully saturated rings. The molecule has 0 radical (unpaired) electrons. The smallest absolute Gasteiger partial charge is 0.118 e. The lowest BCUT2D eigenvalue weighted by Gasteiger charge is -2.29. The maximum Gasteiger partial charge on any atom is 0.118 e. The Balaban J connectivity index is 1.63. The largest absolute Gasteiger partial charge is 0.497 e. The molecular formula is C17H28N2O. The van der Waals surface area contributed by atoms with E-state index in [9.17, 15) is 0 Å². The van der Waals surface area contributed by atoms with Gasteiger partial charge in [0.05, 0.1) is 7.11 Å². The molecule has 1 aliphatic heterocycles. The van der Waals surface area contributed by atoms with Gasteiger partial charge in [0.2, 0.25) is 0 Å². The summed E-state index contributed by atoms with van der Waals surface area (Å²) in [6.45, 7) is 8.19. The Labute approximate surface area is 123 Å². The Hall–Kier alpha value is -1.06. The molecule has 1 heterocycles. The van der Waals surface area contributed by atoms with Crippen molar-refractivity contribution in [3.8, 4) is 5.75 Å². The van der Waals surface area contributed by atoms with Crippen LogP contribution in [0, 0.1) is 5.92 Å². The standard InChI is InChI=1S/C17H28N2O/c1-15(14-19-10-4-3-5-11-19)12-18-13-16-6-8-17(20-2)9-7-16/h6-9,15,18H,3-5,10-14H2,1-2H3. The Kier molecular flexibility index (Phi) is 6.34. The summed E-state index contributed by atoms with van der Waals surface area (Å²) in [6, 6.07) is 8.30. The van der Waals surface area contributed by atoms with Crippen molar-refractivity contribution < 1.29 is 4.74 Å². The predicted molar refractivity (Wildman–Crippen MR) is 84.2 cm³/mol. The minimum absolute atomic E-state index is 0.714. The highest BCUT2D eigenvalue weighted by Gasteiger charge is 2.12. The van der Waals surface area contributed by atoms with Crippen molar-refractivity contribution in [3.05, 3.63) is 29.8 Å². The normalized spacial score (nSPS) is 17.9. The van der Waals surface area contributed by atoms with Gasteiger partial charge < -0.3 is 15.0 Å². The molecule has 112 valence electrons. The summed E-state index contributed by atoms with van der Waals surface area (Å²) in [5.41, 5.74) is 1.32. The van der Waals surface area contributed by atoms with Gasteiger partial charge in [0.25, 0.3) is 0 Å². The molecule has 0 spiro atoms. The molecule has 0 bridgehead atoms. The van der Waals surface area contributed by atoms with Crippen LogP contribution < -0.4 is 10.1 Å². The molecule has 1 aromatic rings. The van der Waals surface area contributed by atoms with Crippen LogP contribution in [-0.4, -0.2) is 38.2 Å². The molecule has 1 saturated heterocycles. The maximum absolute atomic E-state index is 5.17. The van der Waals surface area contributed by atoms with E-state index in [1.165, 1.54) is 44.5 Å². The SMILES string of the molecule is COc1ccc(CNCC(C)CN2CCCCC2)cc1. The fourth-order valence-corrected chi connectivity index (χ4v) is 2.85. The lowest BCUT2D eigenvalue weighted by molar-refractivity contribution is 0.199. The number of piperidine rings is 1. The Morgan fingerprint density at radius 2 is 1.85 bits per heavy atom. The van der Waals surface area contributed by atoms with E-state index in [1.807, 2.05) is 12.1 Å². The first-order valence-corrected chi connectivity index (χ1v) is 7.84. The lowest BCUT2D eigenvalue weighted by Crippen LogP contribution is -2.36. The molecule has 3 heteroatoms. The van der Waals surface area contributed by atoms with Crippen LogP contribution in [0.2, 0.25) is 0 Å². The third-order valence-corrected chi connectivity index (χ3v) is 4.00. The van der Waals surface area contributed by atoms with Crippen LogP contribution >= 0.6 is 0 Å². The molecule has 1 unspecified atom stereocenters. The zero-order valence-electron chi connectivity index (χ0n) is 12.9. The second-order valence-electron chi connectivity index (χ2n) is 5.95. The second kappa shape index (κ2) is 8.28. The number of hydrogen-bond acceptors (Lipinski definition) is 3. The molecule has 0 aliphatic carbocycles. The van der Waals surface area contributed by atoms with Gasteiger partial charge in [0, 0.05) is 13.1 Å². The summed E-state index contributed by atoms with van der Waals surface area (Å²) < 4.78 is 5.17. The number of ether oxygens (including phenoxy) is 1. The van der Waals surface area contributed by atoms with Crippen LogP contribution in [0.1, 0.15) is 31.7 Å². The molecule has 0 saturated carbocycles. The third kappa shape index (κ3) is 5.14. The average molecular weight is 276 g/mol. The first-order chi connectivity index (χ1) is 9.78. The summed E-state index contributed by atoms with van der Waals surface area (Å²) in [6.07, 6.45) is 4.18. The lowest BCUT2D eigenvalue weighted by atomic mass is 10.1. The molecule has 20 heavy (non-hydrogen) atoms. The molecule has 2 rings (SSSR count). The van der Waals surface area contributed by atoms with Crippen molar-refractivity contribution >= 4 is 0 Å². The molecule has 1 atom stereocenters. The molecule has 0 amide bonds. The van der Waals surface area contributed by atoms with Gasteiger partial charge in [0.1, 0.15) is 5.75 Å². The Morgan fingerprint density at radius 1 is 1.15 bits per heavy atom. The van der Waals surface area contributed by atoms with Gasteiger partial charge in [-0.25, -0.2) is 0 Å². The number of likely N-dealkylation sites (tertiary alicyclic amines) is 1. The molecule has 1 N–H and O–H groups in total. The van der Waals surface area contributed by atoms with Gasteiger partial charge in [0.15, 0.2) is 0 Å². The van der Waals surface area contributed by atoms with E-state index in [0.717, 1.165) is 18.8 Å². The number of rotatable bonds is 7. The van der Waals surface area contributed by atoms with E-state index >= 15 is 0 Å². The van der Waals surface area contributed by atoms with Crippen molar-refractivity contribution in [3.63, 3.8) is 0 Å². The topological polar surface area (TPSA) is 24.5 Å². The number of hydrogen-bond donors (Lipinski definition) is 1. The van der Waals surface area contributed by atoms with Gasteiger partial charge in [-0.3, -0.25) is 0 Å². The van der Waals surface area contributed by atoms with E-state index < -0.39 is 0 Å². The number of benzene rings is 1. The van der Waals surface area contributed by atoms with E-state index in [4.69, 9.17) is 4.74 Å². The first-order valence-electron chi connectivity index (χ1n) is 7.84. The van der Waals surface area contributed by atoms with Crippen molar-refractivity contribution in [1.29, 1.82) is 0 Å². The summed E-state index contributed by atoms with van der Waals surface area (Å²) in [7, 11) is 1.70. The summed E-state index contributed by atoms with van der Waals surface area (Å²) in [5.74, 6) is 1.64. The quantitative estimate of drug-likeness (QED) is 0.829. The zero-order chi connectivity index (χ0) is 14.2. The fourth-order valence-electron chi connectivity index (χ4n) is 2.85. The fraction of sp³-hybridized carbons (Fsp3) is 0.647. The van der Waals surface area contributed by atoms with Crippen molar-refractivity contribution in [2.75, 3.05) is 33.3 Å². The Morgan fingerprint density at radius 3 is 2.50 bits per heavy atom. The summed E-state index contributed by atoms with van der Waals surface area (Å²) >= 11 is 0. The predicted octanol–water partition coefficient (Wildman–Crippen LogP) is 2.91. The summed E-state index contributed by atoms with van der Waals surface area (Å²) in [5, 5.41) is 3.56. The monoisotopic (exact) mass is 276 g/mol. The van der Waals surface area contributed by atoms with E-state index in [-0.39, 0.29) is 0 Å². The highest BCUT2D eigenvalue weighted by molar-refractivity contribution is 5.26. The van der Waals surface area contributed by atoms with Gasteiger partial charge in [-0.2, -0.15) is 0 Å². The summed E-state index contributed by atoms with van der Waals surface area (Å²) in [4.78, 5) is 2.61. The van der Waals surface area contributed by atoms with Crippen molar-refractivity contribution in [2.24, 2.45) is 5.92 Å². The second-order valence-corrected chi connectivity index (χ2v) is 5.95. The van der Waals surface area contributed by atoms with Gasteiger partial charge >= 0.3 is 0 Å². The number of nitrogens with zero attached hydrogens (tertiary/aromatic N) is 1. The Bertz CT molecular complexity index is 371. The number of methoxy groups -OCH3 is 1. The van der Waals surface area contributed by atoms with E-state index in [2.05, 4.69) is 29.3 Å². The van der Waals surface area contributed by atoms with E-state index in [1.54, 1.807) is 7.11 Å². The van der Waals surface area contributed by atoms with Crippen LogP contribution in [0.3, 0.4) is 0 Å². The molecule has 0 aromatic heterocycles. The minimum atomic E-state index is 0.714. The highest BCUT2D eigenvalue weighted by Crippen LogP contribution is 2.12.